The molecule has 9 nitrogen and oxygen atoms in total. The number of carbonyl (C=O) groups is 2. The van der Waals surface area contributed by atoms with Gasteiger partial charge in [-0.3, -0.25) is 14.3 Å². The molecule has 1 saturated heterocycles. The van der Waals surface area contributed by atoms with Crippen molar-refractivity contribution in [2.24, 2.45) is 13.0 Å². The molecule has 0 spiro atoms. The second-order valence-electron chi connectivity index (χ2n) is 9.24. The van der Waals surface area contributed by atoms with Crippen molar-refractivity contribution in [2.75, 3.05) is 26.7 Å². The molecule has 5 rings (SSSR count). The number of aromatic nitrogens is 4. The number of amides is 2. The van der Waals surface area contributed by atoms with Crippen LogP contribution in [0.25, 0.3) is 16.9 Å². The average Bonchev–Trinajstić information content (AvgIpc) is 3.59. The van der Waals surface area contributed by atoms with Crippen molar-refractivity contribution in [3.63, 3.8) is 0 Å². The Morgan fingerprint density at radius 2 is 1.78 bits per heavy atom. The fourth-order valence-corrected chi connectivity index (χ4v) is 4.60. The summed E-state index contributed by atoms with van der Waals surface area (Å²) in [4.78, 5) is 27.6. The summed E-state index contributed by atoms with van der Waals surface area (Å²) in [6.45, 7) is 1.84. The predicted octanol–water partition coefficient (Wildman–Crippen LogP) is 3.56. The van der Waals surface area contributed by atoms with E-state index in [0.29, 0.717) is 36.8 Å². The number of nitrogens with zero attached hydrogens (tertiary/aromatic N) is 5. The first-order valence-corrected chi connectivity index (χ1v) is 12.4. The number of methoxy groups -OCH3 is 1. The Balaban J connectivity index is 1.27. The van der Waals surface area contributed by atoms with Crippen molar-refractivity contribution in [1.82, 2.24) is 29.8 Å². The largest absolute Gasteiger partial charge is 0.497 e. The van der Waals surface area contributed by atoms with Crippen LogP contribution in [0.1, 0.15) is 33.7 Å². The molecule has 0 atom stereocenters. The first kappa shape index (κ1) is 24.3. The minimum absolute atomic E-state index is 0.0812. The smallest absolute Gasteiger partial charge is 0.274 e. The summed E-state index contributed by atoms with van der Waals surface area (Å²) < 4.78 is 8.72. The zero-order valence-electron chi connectivity index (χ0n) is 21.0. The quantitative estimate of drug-likeness (QED) is 0.421. The van der Waals surface area contributed by atoms with Crippen LogP contribution < -0.4 is 10.1 Å². The Bertz CT molecular complexity index is 1370. The Hall–Kier alpha value is -4.40. The van der Waals surface area contributed by atoms with E-state index in [1.54, 1.807) is 31.2 Å². The highest BCUT2D eigenvalue weighted by molar-refractivity contribution is 5.94. The van der Waals surface area contributed by atoms with E-state index < -0.39 is 0 Å². The maximum absolute atomic E-state index is 13.4. The highest BCUT2D eigenvalue weighted by Crippen LogP contribution is 2.27. The lowest BCUT2D eigenvalue weighted by molar-refractivity contribution is 0.0678. The summed E-state index contributed by atoms with van der Waals surface area (Å²) in [5.74, 6) is 0.887. The monoisotopic (exact) mass is 498 g/mol. The standard InChI is InChI=1S/C28H30N6O3/c1-32-19-22(18-30-32)27(35)29-17-20-12-14-33(15-13-20)28(36)25-16-26(21-8-10-24(37-2)11-9-21)34(31-25)23-6-4-3-5-7-23/h3-11,16,18-20H,12-15,17H2,1-2H3,(H,29,35). The number of nitrogens with one attached hydrogen (secondary N) is 1. The van der Waals surface area contributed by atoms with Gasteiger partial charge in [0, 0.05) is 38.4 Å². The number of likely N-dealkylation sites (tertiary alicyclic amines) is 1. The van der Waals surface area contributed by atoms with E-state index in [9.17, 15) is 9.59 Å². The average molecular weight is 499 g/mol. The molecule has 0 aliphatic carbocycles. The Morgan fingerprint density at radius 1 is 1.05 bits per heavy atom. The van der Waals surface area contributed by atoms with Crippen LogP contribution in [0.5, 0.6) is 5.75 Å². The van der Waals surface area contributed by atoms with Crippen LogP contribution in [0, 0.1) is 5.92 Å². The Labute approximate surface area is 215 Å². The second kappa shape index (κ2) is 10.7. The highest BCUT2D eigenvalue weighted by Gasteiger charge is 2.27. The molecule has 1 N–H and O–H groups in total. The molecule has 2 aromatic carbocycles. The molecule has 0 radical (unpaired) electrons. The summed E-state index contributed by atoms with van der Waals surface area (Å²) in [5.41, 5.74) is 3.63. The van der Waals surface area contributed by atoms with Gasteiger partial charge < -0.3 is 15.0 Å². The van der Waals surface area contributed by atoms with Gasteiger partial charge in [0.1, 0.15) is 5.75 Å². The van der Waals surface area contributed by atoms with Crippen LogP contribution in [0.2, 0.25) is 0 Å². The van der Waals surface area contributed by atoms with Gasteiger partial charge in [-0.15, -0.1) is 0 Å². The van der Waals surface area contributed by atoms with E-state index in [-0.39, 0.29) is 11.8 Å². The lowest BCUT2D eigenvalue weighted by atomic mass is 9.96. The number of benzene rings is 2. The van der Waals surface area contributed by atoms with E-state index in [4.69, 9.17) is 9.84 Å². The lowest BCUT2D eigenvalue weighted by Crippen LogP contribution is -2.41. The number of hydrogen-bond donors (Lipinski definition) is 1. The van der Waals surface area contributed by atoms with Crippen LogP contribution >= 0.6 is 0 Å². The highest BCUT2D eigenvalue weighted by atomic mass is 16.5. The van der Waals surface area contributed by atoms with Gasteiger partial charge in [0.2, 0.25) is 0 Å². The SMILES string of the molecule is COc1ccc(-c2cc(C(=O)N3CCC(CNC(=O)c4cnn(C)c4)CC3)nn2-c2ccccc2)cc1. The Morgan fingerprint density at radius 3 is 2.43 bits per heavy atom. The minimum Gasteiger partial charge on any atom is -0.497 e. The van der Waals surface area contributed by atoms with Gasteiger partial charge in [-0.2, -0.15) is 10.2 Å². The third kappa shape index (κ3) is 5.40. The zero-order valence-corrected chi connectivity index (χ0v) is 21.0. The molecule has 0 bridgehead atoms. The predicted molar refractivity (Wildman–Crippen MR) is 140 cm³/mol. The summed E-state index contributed by atoms with van der Waals surface area (Å²) >= 11 is 0. The molecule has 9 heteroatoms. The molecule has 1 aliphatic heterocycles. The van der Waals surface area contributed by atoms with Gasteiger partial charge in [0.25, 0.3) is 11.8 Å². The third-order valence-electron chi connectivity index (χ3n) is 6.74. The van der Waals surface area contributed by atoms with E-state index >= 15 is 0 Å². The summed E-state index contributed by atoms with van der Waals surface area (Å²) in [6.07, 6.45) is 4.91. The normalized spacial score (nSPS) is 13.9. The second-order valence-corrected chi connectivity index (χ2v) is 9.24. The molecule has 3 heterocycles. The fourth-order valence-electron chi connectivity index (χ4n) is 4.60. The van der Waals surface area contributed by atoms with Gasteiger partial charge >= 0.3 is 0 Å². The molecular weight excluding hydrogens is 468 g/mol. The number of ether oxygens (including phenoxy) is 1. The summed E-state index contributed by atoms with van der Waals surface area (Å²) in [5, 5.41) is 11.8. The van der Waals surface area contributed by atoms with Crippen molar-refractivity contribution in [1.29, 1.82) is 0 Å². The van der Waals surface area contributed by atoms with Gasteiger partial charge in [-0.25, -0.2) is 4.68 Å². The number of carbonyl (C=O) groups excluding carboxylic acids is 2. The summed E-state index contributed by atoms with van der Waals surface area (Å²) in [7, 11) is 3.42. The van der Waals surface area contributed by atoms with Crippen molar-refractivity contribution >= 4 is 11.8 Å². The molecular formula is C28H30N6O3. The van der Waals surface area contributed by atoms with Crippen LogP contribution in [-0.4, -0.2) is 63.0 Å². The van der Waals surface area contributed by atoms with E-state index in [2.05, 4.69) is 10.4 Å². The van der Waals surface area contributed by atoms with E-state index in [0.717, 1.165) is 35.5 Å². The third-order valence-corrected chi connectivity index (χ3v) is 6.74. The molecule has 37 heavy (non-hydrogen) atoms. The van der Waals surface area contributed by atoms with Gasteiger partial charge in [-0.05, 0) is 61.2 Å². The maximum Gasteiger partial charge on any atom is 0.274 e. The Kier molecular flexibility index (Phi) is 7.02. The zero-order chi connectivity index (χ0) is 25.8. The molecule has 4 aromatic rings. The van der Waals surface area contributed by atoms with Crippen LogP contribution in [0.3, 0.4) is 0 Å². The van der Waals surface area contributed by atoms with Gasteiger partial charge in [-0.1, -0.05) is 18.2 Å². The van der Waals surface area contributed by atoms with Crippen molar-refractivity contribution in [3.05, 3.63) is 84.3 Å². The number of rotatable bonds is 7. The topological polar surface area (TPSA) is 94.3 Å². The maximum atomic E-state index is 13.4. The number of aryl methyl sites for hydroxylation is 1. The first-order valence-electron chi connectivity index (χ1n) is 12.4. The van der Waals surface area contributed by atoms with Crippen LogP contribution in [0.4, 0.5) is 0 Å². The van der Waals surface area contributed by atoms with Crippen LogP contribution in [0.15, 0.2) is 73.1 Å². The van der Waals surface area contributed by atoms with Crippen molar-refractivity contribution < 1.29 is 14.3 Å². The molecule has 2 amide bonds. The van der Waals surface area contributed by atoms with Crippen molar-refractivity contribution in [2.45, 2.75) is 12.8 Å². The minimum atomic E-state index is -0.121. The van der Waals surface area contributed by atoms with E-state index in [1.807, 2.05) is 70.2 Å². The fraction of sp³-hybridized carbons (Fsp3) is 0.286. The molecule has 2 aromatic heterocycles. The van der Waals surface area contributed by atoms with Gasteiger partial charge in [0.05, 0.1) is 30.3 Å². The first-order chi connectivity index (χ1) is 18.0. The lowest BCUT2D eigenvalue weighted by Gasteiger charge is -2.31. The summed E-state index contributed by atoms with van der Waals surface area (Å²) in [6, 6.07) is 19.4. The van der Waals surface area contributed by atoms with Crippen molar-refractivity contribution in [3.8, 4) is 22.7 Å². The molecule has 0 unspecified atom stereocenters. The number of hydrogen-bond acceptors (Lipinski definition) is 5. The van der Waals surface area contributed by atoms with Gasteiger partial charge in [0.15, 0.2) is 5.69 Å². The molecule has 1 aliphatic rings. The number of piperidine rings is 1. The van der Waals surface area contributed by atoms with E-state index in [1.165, 1.54) is 0 Å². The van der Waals surface area contributed by atoms with Crippen LogP contribution in [-0.2, 0) is 7.05 Å². The number of para-hydroxylation sites is 1. The molecule has 190 valence electrons. The molecule has 1 fully saturated rings. The molecule has 0 saturated carbocycles.